The molecule has 19 heavy (non-hydrogen) atoms. The van der Waals surface area contributed by atoms with Gasteiger partial charge in [-0.05, 0) is 68.9 Å². The molecule has 1 saturated heterocycles. The van der Waals surface area contributed by atoms with E-state index in [0.29, 0.717) is 5.92 Å². The molecule has 2 N–H and O–H groups in total. The Morgan fingerprint density at radius 2 is 2.21 bits per heavy atom. The number of hydrogen-bond acceptors (Lipinski definition) is 3. The lowest BCUT2D eigenvalue weighted by Gasteiger charge is -2.48. The molecule has 1 aliphatic heterocycles. The summed E-state index contributed by atoms with van der Waals surface area (Å²) >= 11 is 1.98. The first-order valence-electron chi connectivity index (χ1n) is 7.77. The van der Waals surface area contributed by atoms with E-state index < -0.39 is 0 Å². The molecule has 3 heteroatoms. The normalized spacial score (nSPS) is 30.1. The highest BCUT2D eigenvalue weighted by molar-refractivity contribution is 7.12. The van der Waals surface area contributed by atoms with Gasteiger partial charge < -0.3 is 10.5 Å². The highest BCUT2D eigenvalue weighted by atomic mass is 32.1. The molecule has 104 valence electrons. The average molecular weight is 277 g/mol. The smallest absolute Gasteiger partial charge is 0.0686 e. The van der Waals surface area contributed by atoms with Crippen LogP contribution in [0.5, 0.6) is 0 Å². The summed E-state index contributed by atoms with van der Waals surface area (Å²) in [5.41, 5.74) is 8.39. The zero-order valence-corrected chi connectivity index (χ0v) is 12.3. The number of thiophene rings is 1. The zero-order valence-electron chi connectivity index (χ0n) is 11.5. The van der Waals surface area contributed by atoms with Gasteiger partial charge in [0.15, 0.2) is 0 Å². The molecule has 2 atom stereocenters. The van der Waals surface area contributed by atoms with Gasteiger partial charge in [-0.1, -0.05) is 0 Å². The van der Waals surface area contributed by atoms with Crippen LogP contribution < -0.4 is 5.73 Å². The maximum absolute atomic E-state index is 6.59. The van der Waals surface area contributed by atoms with Gasteiger partial charge in [-0.15, -0.1) is 11.3 Å². The first kappa shape index (κ1) is 12.4. The Morgan fingerprint density at radius 1 is 1.32 bits per heavy atom. The Labute approximate surface area is 119 Å². The van der Waals surface area contributed by atoms with E-state index in [2.05, 4.69) is 6.07 Å². The van der Waals surface area contributed by atoms with Crippen LogP contribution in [0.25, 0.3) is 0 Å². The maximum atomic E-state index is 6.59. The van der Waals surface area contributed by atoms with Crippen molar-refractivity contribution >= 4 is 11.3 Å². The van der Waals surface area contributed by atoms with Gasteiger partial charge in [-0.25, -0.2) is 0 Å². The SMILES string of the molecule is NC(c1cc2c(s1)CCC2)C1CCOC2(CCC2)C1. The Balaban J connectivity index is 1.51. The van der Waals surface area contributed by atoms with Gasteiger partial charge in [0.2, 0.25) is 0 Å². The van der Waals surface area contributed by atoms with Crippen molar-refractivity contribution in [3.63, 3.8) is 0 Å². The number of nitrogens with two attached hydrogens (primary N) is 1. The van der Waals surface area contributed by atoms with Crippen molar-refractivity contribution in [3.05, 3.63) is 21.4 Å². The average Bonchev–Trinajstić information content (AvgIpc) is 2.97. The molecule has 4 rings (SSSR count). The van der Waals surface area contributed by atoms with Gasteiger partial charge in [0, 0.05) is 22.4 Å². The minimum absolute atomic E-state index is 0.223. The molecule has 1 aromatic rings. The van der Waals surface area contributed by atoms with Crippen molar-refractivity contribution in [1.29, 1.82) is 0 Å². The summed E-state index contributed by atoms with van der Waals surface area (Å²) < 4.78 is 6.03. The molecule has 1 saturated carbocycles. The quantitative estimate of drug-likeness (QED) is 0.896. The van der Waals surface area contributed by atoms with E-state index >= 15 is 0 Å². The highest BCUT2D eigenvalue weighted by Crippen LogP contribution is 2.47. The van der Waals surface area contributed by atoms with Crippen molar-refractivity contribution in [3.8, 4) is 0 Å². The standard InChI is InChI=1S/C16H23NOS/c17-15(14-9-11-3-1-4-13(11)19-14)12-5-8-18-16(10-12)6-2-7-16/h9,12,15H,1-8,10,17H2. The van der Waals surface area contributed by atoms with Crippen LogP contribution in [0.2, 0.25) is 0 Å². The van der Waals surface area contributed by atoms with E-state index in [-0.39, 0.29) is 11.6 Å². The number of ether oxygens (including phenoxy) is 1. The third-order valence-electron chi connectivity index (χ3n) is 5.40. The molecule has 2 fully saturated rings. The van der Waals surface area contributed by atoms with Gasteiger partial charge >= 0.3 is 0 Å². The fraction of sp³-hybridized carbons (Fsp3) is 0.750. The van der Waals surface area contributed by atoms with Crippen molar-refractivity contribution in [2.45, 2.75) is 63.0 Å². The Bertz CT molecular complexity index is 456. The second kappa shape index (κ2) is 4.57. The largest absolute Gasteiger partial charge is 0.375 e. The summed E-state index contributed by atoms with van der Waals surface area (Å²) in [4.78, 5) is 3.04. The van der Waals surface area contributed by atoms with E-state index in [1.807, 2.05) is 11.3 Å². The summed E-state index contributed by atoms with van der Waals surface area (Å²) in [6.45, 7) is 0.920. The molecule has 0 aromatic carbocycles. The summed E-state index contributed by atoms with van der Waals surface area (Å²) in [6.07, 6.45) is 10.1. The van der Waals surface area contributed by atoms with Gasteiger partial charge in [0.05, 0.1) is 5.60 Å². The van der Waals surface area contributed by atoms with E-state index in [1.165, 1.54) is 49.8 Å². The second-order valence-electron chi connectivity index (χ2n) is 6.61. The summed E-state index contributed by atoms with van der Waals surface area (Å²) in [5.74, 6) is 0.632. The minimum atomic E-state index is 0.223. The van der Waals surface area contributed by atoms with E-state index in [0.717, 1.165) is 13.0 Å². The third kappa shape index (κ3) is 2.07. The van der Waals surface area contributed by atoms with Crippen molar-refractivity contribution in [2.24, 2.45) is 11.7 Å². The first-order valence-corrected chi connectivity index (χ1v) is 8.58. The first-order chi connectivity index (χ1) is 9.26. The highest BCUT2D eigenvalue weighted by Gasteiger charge is 2.44. The van der Waals surface area contributed by atoms with Gasteiger partial charge in [0.25, 0.3) is 0 Å². The van der Waals surface area contributed by atoms with Crippen LogP contribution in [0.4, 0.5) is 0 Å². The fourth-order valence-corrected chi connectivity index (χ4v) is 5.39. The van der Waals surface area contributed by atoms with Crippen LogP contribution in [-0.4, -0.2) is 12.2 Å². The number of aryl methyl sites for hydroxylation is 2. The molecule has 0 radical (unpaired) electrons. The predicted molar refractivity (Wildman–Crippen MR) is 78.5 cm³/mol. The summed E-state index contributed by atoms with van der Waals surface area (Å²) in [6, 6.07) is 2.65. The van der Waals surface area contributed by atoms with E-state index in [4.69, 9.17) is 10.5 Å². The predicted octanol–water partition coefficient (Wildman–Crippen LogP) is 3.59. The molecule has 2 heterocycles. The Morgan fingerprint density at radius 3 is 2.95 bits per heavy atom. The number of fused-ring (bicyclic) bond motifs is 1. The van der Waals surface area contributed by atoms with Gasteiger partial charge in [0.1, 0.15) is 0 Å². The zero-order chi connectivity index (χ0) is 12.9. The molecular weight excluding hydrogens is 254 g/mol. The second-order valence-corrected chi connectivity index (χ2v) is 7.78. The molecule has 1 aromatic heterocycles. The molecular formula is C16H23NOS. The van der Waals surface area contributed by atoms with Crippen LogP contribution in [0, 0.1) is 5.92 Å². The van der Waals surface area contributed by atoms with Gasteiger partial charge in [-0.3, -0.25) is 0 Å². The summed E-state index contributed by atoms with van der Waals surface area (Å²) in [5, 5.41) is 0. The lowest BCUT2D eigenvalue weighted by molar-refractivity contribution is -0.146. The lowest BCUT2D eigenvalue weighted by Crippen LogP contribution is -2.47. The van der Waals surface area contributed by atoms with Crippen LogP contribution in [0.3, 0.4) is 0 Å². The van der Waals surface area contributed by atoms with E-state index in [9.17, 15) is 0 Å². The Kier molecular flexibility index (Phi) is 2.98. The molecule has 0 bridgehead atoms. The number of hydrogen-bond donors (Lipinski definition) is 1. The lowest BCUT2D eigenvalue weighted by atomic mass is 9.70. The fourth-order valence-electron chi connectivity index (χ4n) is 4.04. The molecule has 1 spiro atoms. The van der Waals surface area contributed by atoms with Crippen LogP contribution in [0.1, 0.15) is 59.9 Å². The van der Waals surface area contributed by atoms with Crippen LogP contribution >= 0.6 is 11.3 Å². The van der Waals surface area contributed by atoms with Crippen LogP contribution in [0.15, 0.2) is 6.07 Å². The monoisotopic (exact) mass is 277 g/mol. The minimum Gasteiger partial charge on any atom is -0.375 e. The van der Waals surface area contributed by atoms with Crippen molar-refractivity contribution in [2.75, 3.05) is 6.61 Å². The molecule has 3 aliphatic rings. The van der Waals surface area contributed by atoms with E-state index in [1.54, 1.807) is 10.4 Å². The van der Waals surface area contributed by atoms with Crippen molar-refractivity contribution in [1.82, 2.24) is 0 Å². The number of rotatable bonds is 2. The summed E-state index contributed by atoms with van der Waals surface area (Å²) in [7, 11) is 0. The molecule has 2 aliphatic carbocycles. The van der Waals surface area contributed by atoms with Crippen molar-refractivity contribution < 1.29 is 4.74 Å². The molecule has 0 amide bonds. The topological polar surface area (TPSA) is 35.2 Å². The van der Waals surface area contributed by atoms with Crippen LogP contribution in [-0.2, 0) is 17.6 Å². The molecule has 2 nitrogen and oxygen atoms in total. The maximum Gasteiger partial charge on any atom is 0.0686 e. The van der Waals surface area contributed by atoms with Gasteiger partial charge in [-0.2, -0.15) is 0 Å². The third-order valence-corrected chi connectivity index (χ3v) is 6.74. The molecule has 2 unspecified atom stereocenters. The Hall–Kier alpha value is -0.380.